The van der Waals surface area contributed by atoms with Crippen molar-refractivity contribution in [2.45, 2.75) is 19.6 Å². The number of rotatable bonds is 3. The van der Waals surface area contributed by atoms with Gasteiger partial charge in [-0.1, -0.05) is 5.92 Å². The number of nitrogens with zero attached hydrogens (tertiary/aromatic N) is 6. The summed E-state index contributed by atoms with van der Waals surface area (Å²) >= 11 is 0. The van der Waals surface area contributed by atoms with Crippen LogP contribution in [-0.4, -0.2) is 88.8 Å². The predicted molar refractivity (Wildman–Crippen MR) is 118 cm³/mol. The molecule has 0 amide bonds. The number of hydrogen-bond donors (Lipinski definition) is 2. The quantitative estimate of drug-likeness (QED) is 0.581. The largest absolute Gasteiger partial charge is 0.490 e. The fourth-order valence-electron chi connectivity index (χ4n) is 3.60. The second-order valence-corrected chi connectivity index (χ2v) is 7.51. The molecule has 2 aromatic heterocycles. The van der Waals surface area contributed by atoms with Crippen LogP contribution in [0.1, 0.15) is 6.92 Å². The highest BCUT2D eigenvalue weighted by atomic mass is 19.4. The van der Waals surface area contributed by atoms with Gasteiger partial charge in [-0.15, -0.1) is 5.92 Å². The van der Waals surface area contributed by atoms with E-state index in [2.05, 4.69) is 27.0 Å². The first-order chi connectivity index (χ1) is 16.1. The number of hydrogen-bond acceptors (Lipinski definition) is 8. The van der Waals surface area contributed by atoms with Crippen LogP contribution in [0.5, 0.6) is 0 Å². The van der Waals surface area contributed by atoms with Gasteiger partial charge in [0.05, 0.1) is 19.8 Å². The number of carbonyl (C=O) groups is 1. The lowest BCUT2D eigenvalue weighted by atomic mass is 10.4. The molecular weight excluding hydrogens is 459 g/mol. The summed E-state index contributed by atoms with van der Waals surface area (Å²) < 4.78 is 40.7. The van der Waals surface area contributed by atoms with Crippen LogP contribution in [0.25, 0.3) is 11.2 Å². The number of aliphatic carboxylic acids is 1. The van der Waals surface area contributed by atoms with Crippen molar-refractivity contribution in [2.24, 2.45) is 7.05 Å². The number of ether oxygens (including phenoxy) is 1. The second kappa shape index (κ2) is 10.7. The summed E-state index contributed by atoms with van der Waals surface area (Å²) in [7, 11) is 1.77. The summed E-state index contributed by atoms with van der Waals surface area (Å²) in [5, 5.41) is 10.5. The van der Waals surface area contributed by atoms with Crippen molar-refractivity contribution in [2.75, 3.05) is 62.3 Å². The summed E-state index contributed by atoms with van der Waals surface area (Å²) in [6.07, 6.45) is -5.08. The van der Waals surface area contributed by atoms with E-state index in [4.69, 9.17) is 24.6 Å². The number of piperazine rings is 1. The van der Waals surface area contributed by atoms with Gasteiger partial charge in [-0.3, -0.25) is 13.9 Å². The molecule has 2 aliphatic heterocycles. The zero-order chi connectivity index (χ0) is 24.9. The Balaban J connectivity index is 0.000000406. The first-order valence-corrected chi connectivity index (χ1v) is 10.6. The van der Waals surface area contributed by atoms with E-state index in [0.29, 0.717) is 36.9 Å². The van der Waals surface area contributed by atoms with Crippen LogP contribution in [0, 0.1) is 11.8 Å². The van der Waals surface area contributed by atoms with E-state index in [1.807, 2.05) is 4.57 Å². The average Bonchev–Trinajstić information content (AvgIpc) is 3.19. The number of anilines is 2. The van der Waals surface area contributed by atoms with Crippen molar-refractivity contribution in [3.63, 3.8) is 0 Å². The molecule has 2 N–H and O–H groups in total. The van der Waals surface area contributed by atoms with Gasteiger partial charge in [0.2, 0.25) is 11.9 Å². The maximum absolute atomic E-state index is 13.2. The molecule has 4 heterocycles. The normalized spacial score (nSPS) is 16.5. The highest BCUT2D eigenvalue weighted by Crippen LogP contribution is 2.22. The first kappa shape index (κ1) is 25.3. The SMILES string of the molecule is CC#CCn1c(N2CCNCC2)nc2nc(N3CCOCC3)n(C)c(=O)c21.O=C(O)C(F)(F)F. The fourth-order valence-corrected chi connectivity index (χ4v) is 3.60. The van der Waals surface area contributed by atoms with Gasteiger partial charge in [0.1, 0.15) is 0 Å². The lowest BCUT2D eigenvalue weighted by Gasteiger charge is -2.28. The number of carboxylic acid groups (broad SMARTS) is 1. The standard InChI is InChI=1S/C18H25N7O2.C2HF3O2/c1-3-4-7-25-14-15(21-18(25)23-8-5-19-6-9-23)20-17(22(2)16(14)26)24-10-12-27-13-11-24;3-2(4,5)1(6)7/h19H,5-13H2,1-2H3;(H,6,7). The first-order valence-electron chi connectivity index (χ1n) is 10.6. The Kier molecular flexibility index (Phi) is 8.00. The van der Waals surface area contributed by atoms with Crippen LogP contribution < -0.4 is 20.7 Å². The topological polar surface area (TPSA) is 118 Å². The average molecular weight is 485 g/mol. The number of aromatic nitrogens is 4. The molecular formula is C20H26F3N7O4. The Morgan fingerprint density at radius 2 is 1.68 bits per heavy atom. The predicted octanol–water partition coefficient (Wildman–Crippen LogP) is 0.0328. The van der Waals surface area contributed by atoms with E-state index >= 15 is 0 Å². The number of morpholine rings is 1. The van der Waals surface area contributed by atoms with Gasteiger partial charge < -0.3 is 25.0 Å². The third kappa shape index (κ3) is 5.60. The highest BCUT2D eigenvalue weighted by molar-refractivity contribution is 5.76. The number of alkyl halides is 3. The van der Waals surface area contributed by atoms with Crippen molar-refractivity contribution < 1.29 is 27.8 Å². The maximum Gasteiger partial charge on any atom is 0.490 e. The Hall–Kier alpha value is -3.31. The number of nitrogens with one attached hydrogen (secondary N) is 1. The Morgan fingerprint density at radius 1 is 1.12 bits per heavy atom. The van der Waals surface area contributed by atoms with E-state index in [9.17, 15) is 18.0 Å². The van der Waals surface area contributed by atoms with Crippen molar-refractivity contribution >= 4 is 29.0 Å². The van der Waals surface area contributed by atoms with Crippen LogP contribution >= 0.6 is 0 Å². The van der Waals surface area contributed by atoms with Gasteiger partial charge in [-0.05, 0) is 6.92 Å². The van der Waals surface area contributed by atoms with Crippen molar-refractivity contribution in [3.8, 4) is 11.8 Å². The van der Waals surface area contributed by atoms with Crippen LogP contribution in [-0.2, 0) is 23.1 Å². The number of imidazole rings is 1. The maximum atomic E-state index is 13.2. The fraction of sp³-hybridized carbons (Fsp3) is 0.600. The van der Waals surface area contributed by atoms with Gasteiger partial charge in [-0.2, -0.15) is 23.1 Å². The second-order valence-electron chi connectivity index (χ2n) is 7.51. The monoisotopic (exact) mass is 485 g/mol. The molecule has 0 aromatic carbocycles. The minimum Gasteiger partial charge on any atom is -0.475 e. The van der Waals surface area contributed by atoms with E-state index < -0.39 is 12.1 Å². The minimum atomic E-state index is -5.08. The van der Waals surface area contributed by atoms with Gasteiger partial charge in [0, 0.05) is 46.3 Å². The van der Waals surface area contributed by atoms with Gasteiger partial charge in [-0.25, -0.2) is 4.79 Å². The molecule has 34 heavy (non-hydrogen) atoms. The van der Waals surface area contributed by atoms with Gasteiger partial charge >= 0.3 is 12.1 Å². The molecule has 14 heteroatoms. The summed E-state index contributed by atoms with van der Waals surface area (Å²) in [6, 6.07) is 0. The Labute approximate surface area is 193 Å². The molecule has 0 bridgehead atoms. The van der Waals surface area contributed by atoms with Gasteiger partial charge in [0.15, 0.2) is 11.2 Å². The van der Waals surface area contributed by atoms with Crippen molar-refractivity contribution in [1.82, 2.24) is 24.4 Å². The molecule has 4 rings (SSSR count). The van der Waals surface area contributed by atoms with Gasteiger partial charge in [0.25, 0.3) is 5.56 Å². The molecule has 0 radical (unpaired) electrons. The number of carboxylic acids is 1. The molecule has 2 saturated heterocycles. The molecule has 0 unspecified atom stereocenters. The number of fused-ring (bicyclic) bond motifs is 1. The molecule has 2 aliphatic rings. The summed E-state index contributed by atoms with van der Waals surface area (Å²) in [6.45, 7) is 8.44. The minimum absolute atomic E-state index is 0.0896. The zero-order valence-corrected chi connectivity index (χ0v) is 18.9. The van der Waals surface area contributed by atoms with E-state index in [1.165, 1.54) is 0 Å². The molecule has 0 spiro atoms. The number of halogens is 3. The van der Waals surface area contributed by atoms with Crippen LogP contribution in [0.4, 0.5) is 25.1 Å². The molecule has 0 saturated carbocycles. The molecule has 2 fully saturated rings. The third-order valence-electron chi connectivity index (χ3n) is 5.29. The Bertz CT molecular complexity index is 1140. The molecule has 0 aliphatic carbocycles. The highest BCUT2D eigenvalue weighted by Gasteiger charge is 2.38. The molecule has 0 atom stereocenters. The van der Waals surface area contributed by atoms with E-state index in [-0.39, 0.29) is 5.56 Å². The smallest absolute Gasteiger partial charge is 0.475 e. The van der Waals surface area contributed by atoms with E-state index in [1.54, 1.807) is 18.5 Å². The third-order valence-corrected chi connectivity index (χ3v) is 5.29. The van der Waals surface area contributed by atoms with Crippen molar-refractivity contribution in [3.05, 3.63) is 10.4 Å². The molecule has 11 nitrogen and oxygen atoms in total. The summed E-state index contributed by atoms with van der Waals surface area (Å²) in [5.41, 5.74) is 0.921. The summed E-state index contributed by atoms with van der Waals surface area (Å²) in [4.78, 5) is 35.9. The summed E-state index contributed by atoms with van der Waals surface area (Å²) in [5.74, 6) is 4.66. The van der Waals surface area contributed by atoms with E-state index in [0.717, 1.165) is 45.2 Å². The van der Waals surface area contributed by atoms with Crippen LogP contribution in [0.3, 0.4) is 0 Å². The Morgan fingerprint density at radius 3 is 2.24 bits per heavy atom. The van der Waals surface area contributed by atoms with Crippen molar-refractivity contribution in [1.29, 1.82) is 0 Å². The lowest BCUT2D eigenvalue weighted by molar-refractivity contribution is -0.192. The van der Waals surface area contributed by atoms with Crippen LogP contribution in [0.2, 0.25) is 0 Å². The zero-order valence-electron chi connectivity index (χ0n) is 18.9. The van der Waals surface area contributed by atoms with Crippen LogP contribution in [0.15, 0.2) is 4.79 Å². The molecule has 186 valence electrons. The lowest BCUT2D eigenvalue weighted by Crippen LogP contribution is -2.44. The molecule has 2 aromatic rings.